The molecule has 0 radical (unpaired) electrons. The van der Waals surface area contributed by atoms with Gasteiger partial charge >= 0.3 is 5.97 Å². The van der Waals surface area contributed by atoms with Crippen LogP contribution in [0.3, 0.4) is 0 Å². The summed E-state index contributed by atoms with van der Waals surface area (Å²) in [5.74, 6) is -2.03. The number of rotatable bonds is 4. The number of amides is 3. The van der Waals surface area contributed by atoms with Crippen molar-refractivity contribution in [3.05, 3.63) is 35.4 Å². The Morgan fingerprint density at radius 3 is 2.67 bits per heavy atom. The van der Waals surface area contributed by atoms with Crippen molar-refractivity contribution >= 4 is 35.5 Å². The lowest BCUT2D eigenvalue weighted by Gasteiger charge is -2.31. The van der Waals surface area contributed by atoms with Crippen molar-refractivity contribution in [3.63, 3.8) is 0 Å². The van der Waals surface area contributed by atoms with Gasteiger partial charge in [0.05, 0.1) is 0 Å². The topological polar surface area (TPSA) is 107 Å². The fraction of sp³-hybridized carbons (Fsp3) is 0.524. The highest BCUT2D eigenvalue weighted by Gasteiger charge is 2.57. The minimum Gasteiger partial charge on any atom is -0.480 e. The summed E-state index contributed by atoms with van der Waals surface area (Å²) in [5.41, 5.74) is 1.51. The van der Waals surface area contributed by atoms with E-state index in [1.54, 1.807) is 35.7 Å². The van der Waals surface area contributed by atoms with Gasteiger partial charge in [0.25, 0.3) is 5.91 Å². The second kappa shape index (κ2) is 7.30. The SMILES string of the molecule is C[C@H](NC(=O)[C@@H]1N2C(=O)c3ccccc3[C@H]2SC1(C)C)C(=O)N1CCC[C@@H]1C(=O)O. The average molecular weight is 432 g/mol. The van der Waals surface area contributed by atoms with Crippen LogP contribution in [-0.2, 0) is 14.4 Å². The molecule has 2 fully saturated rings. The van der Waals surface area contributed by atoms with Crippen LogP contribution >= 0.6 is 11.8 Å². The molecule has 2 saturated heterocycles. The maximum absolute atomic E-state index is 13.2. The van der Waals surface area contributed by atoms with Gasteiger partial charge in [0.2, 0.25) is 11.8 Å². The molecule has 3 aliphatic heterocycles. The summed E-state index contributed by atoms with van der Waals surface area (Å²) in [6.45, 7) is 5.76. The first-order valence-corrected chi connectivity index (χ1v) is 10.9. The first kappa shape index (κ1) is 20.7. The van der Waals surface area contributed by atoms with Gasteiger partial charge < -0.3 is 20.2 Å². The summed E-state index contributed by atoms with van der Waals surface area (Å²) < 4.78 is -0.544. The first-order chi connectivity index (χ1) is 14.1. The molecule has 0 aliphatic carbocycles. The molecular formula is C21H25N3O5S. The highest BCUT2D eigenvalue weighted by molar-refractivity contribution is 8.01. The number of aliphatic carboxylic acids is 1. The van der Waals surface area contributed by atoms with Crippen LogP contribution in [0.25, 0.3) is 0 Å². The van der Waals surface area contributed by atoms with Crippen molar-refractivity contribution in [2.45, 2.75) is 61.9 Å². The summed E-state index contributed by atoms with van der Waals surface area (Å²) in [5, 5.41) is 11.8. The Balaban J connectivity index is 1.52. The summed E-state index contributed by atoms with van der Waals surface area (Å²) >= 11 is 1.56. The molecular weight excluding hydrogens is 406 g/mol. The highest BCUT2D eigenvalue weighted by atomic mass is 32.2. The van der Waals surface area contributed by atoms with E-state index in [2.05, 4.69) is 5.32 Å². The molecule has 0 saturated carbocycles. The van der Waals surface area contributed by atoms with Gasteiger partial charge in [-0.1, -0.05) is 18.2 Å². The molecule has 3 amide bonds. The Kier molecular flexibility index (Phi) is 5.04. The molecule has 0 aromatic heterocycles. The monoisotopic (exact) mass is 431 g/mol. The van der Waals surface area contributed by atoms with Crippen molar-refractivity contribution in [2.24, 2.45) is 0 Å². The third-order valence-electron chi connectivity index (χ3n) is 6.09. The predicted molar refractivity (Wildman–Crippen MR) is 111 cm³/mol. The molecule has 0 spiro atoms. The van der Waals surface area contributed by atoms with E-state index in [4.69, 9.17) is 0 Å². The van der Waals surface area contributed by atoms with Crippen LogP contribution in [0.2, 0.25) is 0 Å². The van der Waals surface area contributed by atoms with Crippen molar-refractivity contribution in [3.8, 4) is 0 Å². The summed E-state index contributed by atoms with van der Waals surface area (Å²) in [7, 11) is 0. The van der Waals surface area contributed by atoms with E-state index in [9.17, 15) is 24.3 Å². The molecule has 0 bridgehead atoms. The summed E-state index contributed by atoms with van der Waals surface area (Å²) in [6.07, 6.45) is 1.04. The third kappa shape index (κ3) is 3.15. The number of carbonyl (C=O) groups is 4. The van der Waals surface area contributed by atoms with Crippen molar-refractivity contribution in [1.82, 2.24) is 15.1 Å². The standard InChI is InChI=1S/C21H25N3O5S/c1-11(17(26)23-10-6-9-14(23)20(28)29)22-16(25)15-21(2,3)30-19-13-8-5-4-7-12(13)18(27)24(15)19/h4-5,7-8,11,14-15,19H,6,9-10H2,1-3H3,(H,22,25)(H,28,29)/t11-,14+,15-,19+/m0/s1. The zero-order chi connectivity index (χ0) is 21.8. The van der Waals surface area contributed by atoms with Crippen LogP contribution in [0.5, 0.6) is 0 Å². The molecule has 160 valence electrons. The number of hydrogen-bond acceptors (Lipinski definition) is 5. The van der Waals surface area contributed by atoms with Crippen molar-refractivity contribution in [1.29, 1.82) is 0 Å². The maximum atomic E-state index is 13.2. The van der Waals surface area contributed by atoms with Gasteiger partial charge in [0, 0.05) is 16.9 Å². The number of thioether (sulfide) groups is 1. The van der Waals surface area contributed by atoms with Crippen LogP contribution in [0, 0.1) is 0 Å². The Bertz CT molecular complexity index is 933. The Morgan fingerprint density at radius 2 is 1.97 bits per heavy atom. The molecule has 2 N–H and O–H groups in total. The zero-order valence-corrected chi connectivity index (χ0v) is 17.9. The van der Waals surface area contributed by atoms with Crippen LogP contribution in [0.1, 0.15) is 54.9 Å². The van der Waals surface area contributed by atoms with Crippen LogP contribution < -0.4 is 5.32 Å². The van der Waals surface area contributed by atoms with E-state index in [0.717, 1.165) is 5.56 Å². The van der Waals surface area contributed by atoms with Gasteiger partial charge in [0.1, 0.15) is 23.5 Å². The van der Waals surface area contributed by atoms with E-state index in [1.807, 2.05) is 26.0 Å². The lowest BCUT2D eigenvalue weighted by Crippen LogP contribution is -2.57. The fourth-order valence-corrected chi connectivity index (χ4v) is 6.28. The number of nitrogens with zero attached hydrogens (tertiary/aromatic N) is 2. The van der Waals surface area contributed by atoms with Gasteiger partial charge in [-0.25, -0.2) is 4.79 Å². The first-order valence-electron chi connectivity index (χ1n) is 10.1. The molecule has 0 unspecified atom stereocenters. The molecule has 3 heterocycles. The summed E-state index contributed by atoms with van der Waals surface area (Å²) in [4.78, 5) is 53.4. The number of fused-ring (bicyclic) bond motifs is 3. The fourth-order valence-electron chi connectivity index (χ4n) is 4.69. The Labute approximate surface area is 179 Å². The average Bonchev–Trinajstić information content (AvgIpc) is 3.34. The van der Waals surface area contributed by atoms with Gasteiger partial charge in [-0.15, -0.1) is 11.8 Å². The summed E-state index contributed by atoms with van der Waals surface area (Å²) in [6, 6.07) is 4.89. The lowest BCUT2D eigenvalue weighted by molar-refractivity contribution is -0.149. The van der Waals surface area contributed by atoms with E-state index in [1.165, 1.54) is 4.90 Å². The number of nitrogens with one attached hydrogen (secondary N) is 1. The number of likely N-dealkylation sites (tertiary alicyclic amines) is 1. The van der Waals surface area contributed by atoms with Gasteiger partial charge in [-0.3, -0.25) is 14.4 Å². The van der Waals surface area contributed by atoms with E-state index in [-0.39, 0.29) is 11.3 Å². The number of benzene rings is 1. The normalized spacial score (nSPS) is 27.6. The number of hydrogen-bond donors (Lipinski definition) is 2. The molecule has 4 atom stereocenters. The number of carboxylic acids is 1. The molecule has 9 heteroatoms. The van der Waals surface area contributed by atoms with Crippen LogP contribution in [-0.4, -0.2) is 68.0 Å². The molecule has 1 aromatic carbocycles. The third-order valence-corrected chi connectivity index (χ3v) is 7.63. The molecule has 1 aromatic rings. The van der Waals surface area contributed by atoms with Gasteiger partial charge in [-0.2, -0.15) is 0 Å². The zero-order valence-electron chi connectivity index (χ0n) is 17.1. The lowest BCUT2D eigenvalue weighted by atomic mass is 10.0. The molecule has 30 heavy (non-hydrogen) atoms. The van der Waals surface area contributed by atoms with Crippen LogP contribution in [0.15, 0.2) is 24.3 Å². The number of carbonyl (C=O) groups excluding carboxylic acids is 3. The minimum atomic E-state index is -1.03. The Hall–Kier alpha value is -2.55. The maximum Gasteiger partial charge on any atom is 0.326 e. The highest BCUT2D eigenvalue weighted by Crippen LogP contribution is 2.56. The van der Waals surface area contributed by atoms with Gasteiger partial charge in [0.15, 0.2) is 0 Å². The predicted octanol–water partition coefficient (Wildman–Crippen LogP) is 1.62. The smallest absolute Gasteiger partial charge is 0.326 e. The molecule has 8 nitrogen and oxygen atoms in total. The van der Waals surface area contributed by atoms with Gasteiger partial charge in [-0.05, 0) is 45.2 Å². The number of carboxylic acid groups (broad SMARTS) is 1. The van der Waals surface area contributed by atoms with Crippen molar-refractivity contribution < 1.29 is 24.3 Å². The van der Waals surface area contributed by atoms with E-state index < -0.39 is 40.7 Å². The quantitative estimate of drug-likeness (QED) is 0.750. The van der Waals surface area contributed by atoms with E-state index >= 15 is 0 Å². The van der Waals surface area contributed by atoms with E-state index in [0.29, 0.717) is 24.9 Å². The molecule has 4 rings (SSSR count). The second-order valence-electron chi connectivity index (χ2n) is 8.53. The largest absolute Gasteiger partial charge is 0.480 e. The Morgan fingerprint density at radius 1 is 1.27 bits per heavy atom. The van der Waals surface area contributed by atoms with Crippen LogP contribution in [0.4, 0.5) is 0 Å². The second-order valence-corrected chi connectivity index (χ2v) is 10.3. The minimum absolute atomic E-state index is 0.182. The molecule has 3 aliphatic rings. The van der Waals surface area contributed by atoms with Crippen molar-refractivity contribution in [2.75, 3.05) is 6.54 Å².